The molecule has 1 aliphatic heterocycles. The molecule has 1 fully saturated rings. The summed E-state index contributed by atoms with van der Waals surface area (Å²) in [5.74, 6) is -0.224. The molecule has 186 valence electrons. The zero-order chi connectivity index (χ0) is 24.9. The Labute approximate surface area is 188 Å². The van der Waals surface area contributed by atoms with Crippen LogP contribution in [0.2, 0.25) is 0 Å². The summed E-state index contributed by atoms with van der Waals surface area (Å²) in [7, 11) is -9.81. The first kappa shape index (κ1) is 26.5. The Hall–Kier alpha value is -1.14. The topological polar surface area (TPSA) is 276 Å². The van der Waals surface area contributed by atoms with Crippen LogP contribution in [0, 0.1) is 0 Å². The molecule has 0 aromatic carbocycles. The van der Waals surface area contributed by atoms with Crippen LogP contribution < -0.4 is 20.8 Å². The maximum Gasteiger partial charge on any atom is 0.476 e. The Morgan fingerprint density at radius 2 is 1.97 bits per heavy atom. The average molecular weight is 553 g/mol. The van der Waals surface area contributed by atoms with Gasteiger partial charge < -0.3 is 44.8 Å². The van der Waals surface area contributed by atoms with Crippen molar-refractivity contribution in [1.82, 2.24) is 14.5 Å². The van der Waals surface area contributed by atoms with E-state index in [0.29, 0.717) is 0 Å². The van der Waals surface area contributed by atoms with Gasteiger partial charge >= 0.3 is 20.2 Å². The Balaban J connectivity index is 1.76. The molecule has 3 rings (SSSR count). The predicted octanol–water partition coefficient (Wildman–Crippen LogP) is -3.42. The monoisotopic (exact) mass is 553 g/mol. The zero-order valence-electron chi connectivity index (χ0n) is 16.3. The van der Waals surface area contributed by atoms with E-state index in [2.05, 4.69) is 30.4 Å². The van der Waals surface area contributed by atoms with Gasteiger partial charge in [0.05, 0.1) is 13.7 Å². The number of anilines is 1. The lowest BCUT2D eigenvalue weighted by molar-refractivity contribution is -0.745. The number of imidazole rings is 1. The van der Waals surface area contributed by atoms with E-state index in [4.69, 9.17) is 24.8 Å². The molecule has 0 spiro atoms. The highest BCUT2D eigenvalue weighted by molar-refractivity contribution is 8.08. The van der Waals surface area contributed by atoms with Crippen LogP contribution in [0.4, 0.5) is 5.95 Å². The number of aryl methyl sites for hydroxylation is 1. The highest BCUT2D eigenvalue weighted by Crippen LogP contribution is 2.64. The second-order valence-corrected chi connectivity index (χ2v) is 12.4. The van der Waals surface area contributed by atoms with Crippen molar-refractivity contribution in [3.05, 3.63) is 16.7 Å². The maximum atomic E-state index is 12.1. The number of nitrogens with zero attached hydrogens (tertiary/aromatic N) is 3. The molecule has 2 aromatic heterocycles. The molecule has 0 radical (unpaired) electrons. The van der Waals surface area contributed by atoms with Crippen molar-refractivity contribution in [2.75, 3.05) is 12.3 Å². The number of nitrogens with one attached hydrogen (secondary N) is 1. The normalized spacial score (nSPS) is 27.5. The Kier molecular flexibility index (Phi) is 7.33. The van der Waals surface area contributed by atoms with Crippen molar-refractivity contribution >= 4 is 51.3 Å². The summed E-state index contributed by atoms with van der Waals surface area (Å²) in [5, 5.41) is 20.7. The Morgan fingerprint density at radius 1 is 1.33 bits per heavy atom. The number of nitrogens with two attached hydrogens (primary N) is 1. The molecule has 0 saturated carbocycles. The standard InChI is InChI=1S/C11H18N5O13P3S/c1-15-3-16(8-5(15)9(19)14-11(12)13-8)10-7(18)6(17)4(27-10)2-26-32(25,33)29-31(23,24)28-30(20,21)22/h3-4,6-7,10,17-18H,2H2,1H3,(H6-,12,13,14,19,20,21,22,23,24,25,33)/t4-,6-,7-,10-,32?/m1/s1. The fourth-order valence-electron chi connectivity index (χ4n) is 3.01. The van der Waals surface area contributed by atoms with Gasteiger partial charge in [-0.15, -0.1) is 0 Å². The fourth-order valence-corrected chi connectivity index (χ4v) is 6.90. The lowest BCUT2D eigenvalue weighted by Crippen LogP contribution is -2.46. The number of rotatable bonds is 8. The summed E-state index contributed by atoms with van der Waals surface area (Å²) in [6, 6.07) is 0. The van der Waals surface area contributed by atoms with E-state index in [-0.39, 0.29) is 17.1 Å². The molecule has 1 saturated heterocycles. The molecule has 8 N–H and O–H groups in total. The van der Waals surface area contributed by atoms with Crippen molar-refractivity contribution in [3.8, 4) is 0 Å². The lowest BCUT2D eigenvalue weighted by Gasteiger charge is -2.27. The first-order valence-corrected chi connectivity index (χ1v) is 14.1. The number of nitrogen functional groups attached to an aromatic ring is 1. The molecular formula is C11H18N5O13P3S. The molecule has 0 bridgehead atoms. The van der Waals surface area contributed by atoms with Gasteiger partial charge in [-0.05, 0) is 11.8 Å². The summed E-state index contributed by atoms with van der Waals surface area (Å²) >= 11 is 4.45. The van der Waals surface area contributed by atoms with Gasteiger partial charge in [0.2, 0.25) is 11.7 Å². The van der Waals surface area contributed by atoms with Crippen molar-refractivity contribution in [2.24, 2.45) is 7.05 Å². The number of phosphoric acid groups is 2. The second-order valence-electron chi connectivity index (χ2n) is 6.67. The maximum absolute atomic E-state index is 12.1. The minimum Gasteiger partial charge on any atom is -0.756 e. The van der Waals surface area contributed by atoms with Crippen LogP contribution >= 0.6 is 22.4 Å². The van der Waals surface area contributed by atoms with E-state index in [1.54, 1.807) is 0 Å². The van der Waals surface area contributed by atoms with Gasteiger partial charge in [0, 0.05) is 0 Å². The summed E-state index contributed by atoms with van der Waals surface area (Å²) in [4.78, 5) is 56.8. The Morgan fingerprint density at radius 3 is 2.58 bits per heavy atom. The number of H-pyrrole nitrogens is 1. The van der Waals surface area contributed by atoms with Crippen LogP contribution in [0.1, 0.15) is 6.23 Å². The van der Waals surface area contributed by atoms with Crippen molar-refractivity contribution in [3.63, 3.8) is 0 Å². The largest absolute Gasteiger partial charge is 0.756 e. The van der Waals surface area contributed by atoms with Gasteiger partial charge in [-0.2, -0.15) is 0 Å². The molecular weight excluding hydrogens is 535 g/mol. The molecule has 0 aliphatic carbocycles. The smallest absolute Gasteiger partial charge is 0.476 e. The van der Waals surface area contributed by atoms with E-state index in [9.17, 15) is 33.9 Å². The van der Waals surface area contributed by atoms with Gasteiger partial charge in [0.1, 0.15) is 18.3 Å². The molecule has 2 unspecified atom stereocenters. The molecule has 33 heavy (non-hydrogen) atoms. The number of aliphatic hydroxyl groups excluding tert-OH is 2. The number of hydrogen-bond donors (Lipinski definition) is 7. The summed E-state index contributed by atoms with van der Waals surface area (Å²) in [5.41, 5.74) is 5.06. The fraction of sp³-hybridized carbons (Fsp3) is 0.545. The van der Waals surface area contributed by atoms with Gasteiger partial charge in [0.25, 0.3) is 19.3 Å². The SMILES string of the molecule is Cn1c[n+]([C@@H]2O[C@H](COP(O)(=S)OP(=O)([O-])OP(=O)(O)O)[C@@H](O)[C@H]2O)c2nc(N)[nH]c(=O)c21. The number of fused-ring (bicyclic) bond motifs is 1. The van der Waals surface area contributed by atoms with Crippen LogP contribution in [0.3, 0.4) is 0 Å². The summed E-state index contributed by atoms with van der Waals surface area (Å²) in [6.07, 6.45) is -4.66. The highest BCUT2D eigenvalue weighted by atomic mass is 32.5. The van der Waals surface area contributed by atoms with Gasteiger partial charge in [-0.3, -0.25) is 18.9 Å². The molecule has 18 nitrogen and oxygen atoms in total. The van der Waals surface area contributed by atoms with Crippen molar-refractivity contribution in [2.45, 2.75) is 24.5 Å². The first-order chi connectivity index (χ1) is 15.0. The Bertz CT molecular complexity index is 1260. The molecule has 1 aliphatic rings. The van der Waals surface area contributed by atoms with E-state index >= 15 is 0 Å². The number of aliphatic hydroxyl groups is 2. The molecule has 22 heteroatoms. The predicted molar refractivity (Wildman–Crippen MR) is 106 cm³/mol. The third-order valence-corrected chi connectivity index (χ3v) is 8.88. The quantitative estimate of drug-likeness (QED) is 0.124. The van der Waals surface area contributed by atoms with E-state index in [0.717, 1.165) is 0 Å². The minimum absolute atomic E-state index is 0.00838. The molecule has 3 heterocycles. The van der Waals surface area contributed by atoms with Gasteiger partial charge in [-0.25, -0.2) is 17.8 Å². The summed E-state index contributed by atoms with van der Waals surface area (Å²) < 4.78 is 42.3. The van der Waals surface area contributed by atoms with Crippen molar-refractivity contribution in [1.29, 1.82) is 0 Å². The summed E-state index contributed by atoms with van der Waals surface area (Å²) in [6.45, 7) is -5.53. The van der Waals surface area contributed by atoms with Gasteiger partial charge in [0.15, 0.2) is 6.33 Å². The molecule has 2 aromatic rings. The van der Waals surface area contributed by atoms with E-state index in [1.165, 1.54) is 22.5 Å². The van der Waals surface area contributed by atoms with Crippen LogP contribution in [-0.4, -0.2) is 64.3 Å². The van der Waals surface area contributed by atoms with Crippen molar-refractivity contribution < 1.29 is 61.4 Å². The van der Waals surface area contributed by atoms with Crippen LogP contribution in [-0.2, 0) is 45.9 Å². The first-order valence-electron chi connectivity index (χ1n) is 8.54. The third-order valence-electron chi connectivity index (χ3n) is 4.21. The number of ether oxygens (including phenoxy) is 1. The second kappa shape index (κ2) is 9.14. The number of aromatic nitrogens is 4. The number of hydrogen-bond acceptors (Lipinski definition) is 13. The third kappa shape index (κ3) is 6.11. The van der Waals surface area contributed by atoms with Crippen LogP contribution in [0.5, 0.6) is 0 Å². The zero-order valence-corrected chi connectivity index (χ0v) is 19.8. The van der Waals surface area contributed by atoms with Gasteiger partial charge in [-0.1, -0.05) is 4.98 Å². The minimum atomic E-state index is -5.77. The van der Waals surface area contributed by atoms with E-state index < -0.39 is 59.1 Å². The number of aromatic amines is 1. The lowest BCUT2D eigenvalue weighted by atomic mass is 10.1. The molecule has 6 atom stereocenters. The average Bonchev–Trinajstić information content (AvgIpc) is 3.07. The van der Waals surface area contributed by atoms with Crippen LogP contribution in [0.15, 0.2) is 11.1 Å². The highest BCUT2D eigenvalue weighted by Gasteiger charge is 2.47. The van der Waals surface area contributed by atoms with E-state index in [1.807, 2.05) is 0 Å². The van der Waals surface area contributed by atoms with Crippen LogP contribution in [0.25, 0.3) is 11.2 Å². The molecule has 0 amide bonds.